The molecule has 4 heteroatoms. The molecule has 15 heavy (non-hydrogen) atoms. The van der Waals surface area contributed by atoms with Crippen LogP contribution in [0.5, 0.6) is 11.5 Å². The van der Waals surface area contributed by atoms with Gasteiger partial charge in [-0.15, -0.1) is 0 Å². The maximum atomic E-state index is 12.0. The number of hydrogen-bond donors (Lipinski definition) is 1. The fourth-order valence-corrected chi connectivity index (χ4v) is 1.26. The average molecular weight is 211 g/mol. The van der Waals surface area contributed by atoms with E-state index in [-0.39, 0.29) is 17.3 Å². The molecule has 0 bridgehead atoms. The highest BCUT2D eigenvalue weighted by atomic mass is 16.7. The normalized spacial score (nSPS) is 22.5. The molecule has 0 radical (unpaired) electrons. The van der Waals surface area contributed by atoms with E-state index in [2.05, 4.69) is 5.32 Å². The molecule has 4 nitrogen and oxygen atoms in total. The summed E-state index contributed by atoms with van der Waals surface area (Å²) in [5.41, 5.74) is 0.306. The van der Waals surface area contributed by atoms with E-state index in [1.54, 1.807) is 6.92 Å². The van der Waals surface area contributed by atoms with Gasteiger partial charge in [-0.25, -0.2) is 0 Å². The Morgan fingerprint density at radius 2 is 2.40 bits per heavy atom. The topological polar surface area (TPSA) is 47.6 Å². The highest BCUT2D eigenvalue weighted by Gasteiger charge is 2.18. The standard InChI is InChI=1S/C11H13NO3/c1-7(12-2)11(13)8-3-4-9-10(5-8)15-6-14-9/h3-5,7,12H,6H2,1-2H3/t7-/m0/s1/i2D2,6D2. The van der Waals surface area contributed by atoms with Crippen molar-refractivity contribution < 1.29 is 19.8 Å². The van der Waals surface area contributed by atoms with E-state index >= 15 is 0 Å². The second kappa shape index (κ2) is 3.90. The molecule has 0 spiro atoms. The van der Waals surface area contributed by atoms with Gasteiger partial charge in [-0.05, 0) is 32.1 Å². The van der Waals surface area contributed by atoms with E-state index in [1.165, 1.54) is 18.2 Å². The first-order valence-corrected chi connectivity index (χ1v) is 4.45. The summed E-state index contributed by atoms with van der Waals surface area (Å²) in [6, 6.07) is 3.66. The van der Waals surface area contributed by atoms with Crippen molar-refractivity contribution >= 4 is 5.78 Å². The van der Waals surface area contributed by atoms with E-state index in [4.69, 9.17) is 15.0 Å². The van der Waals surface area contributed by atoms with Crippen LogP contribution < -0.4 is 14.8 Å². The molecule has 80 valence electrons. The zero-order valence-corrected chi connectivity index (χ0v) is 8.11. The van der Waals surface area contributed by atoms with Crippen molar-refractivity contribution in [2.24, 2.45) is 0 Å². The van der Waals surface area contributed by atoms with Gasteiger partial charge in [0.25, 0.3) is 0 Å². The van der Waals surface area contributed by atoms with Crippen LogP contribution in [0.4, 0.5) is 0 Å². The van der Waals surface area contributed by atoms with Crippen LogP contribution in [0.1, 0.15) is 22.8 Å². The Bertz CT molecular complexity index is 507. The largest absolute Gasteiger partial charge is 0.454 e. The van der Waals surface area contributed by atoms with Crippen LogP contribution in [-0.2, 0) is 0 Å². The SMILES string of the molecule is [2H]C([2H])N[C@@H](C)C(=O)c1ccc2c(c1)OC([2H])([2H])O2. The quantitative estimate of drug-likeness (QED) is 0.763. The second-order valence-electron chi connectivity index (χ2n) is 3.20. The lowest BCUT2D eigenvalue weighted by atomic mass is 10.1. The van der Waals surface area contributed by atoms with Crippen LogP contribution >= 0.6 is 0 Å². The van der Waals surface area contributed by atoms with Crippen LogP contribution in [0.3, 0.4) is 0 Å². The number of hydrogen-bond acceptors (Lipinski definition) is 4. The molecule has 1 heterocycles. The van der Waals surface area contributed by atoms with E-state index in [0.717, 1.165) is 0 Å². The fraction of sp³-hybridized carbons (Fsp3) is 0.364. The van der Waals surface area contributed by atoms with Gasteiger partial charge < -0.3 is 14.8 Å². The van der Waals surface area contributed by atoms with Crippen molar-refractivity contribution in [2.75, 3.05) is 13.7 Å². The van der Waals surface area contributed by atoms with Crippen molar-refractivity contribution in [3.63, 3.8) is 0 Å². The minimum absolute atomic E-state index is 0.163. The first kappa shape index (κ1) is 6.12. The number of carbonyl (C=O) groups excluding carboxylic acids is 1. The lowest BCUT2D eigenvalue weighted by molar-refractivity contribution is 0.0954. The van der Waals surface area contributed by atoms with E-state index in [0.29, 0.717) is 5.56 Å². The van der Waals surface area contributed by atoms with E-state index < -0.39 is 19.8 Å². The second-order valence-corrected chi connectivity index (χ2v) is 3.20. The highest BCUT2D eigenvalue weighted by molar-refractivity contribution is 6.00. The van der Waals surface area contributed by atoms with Gasteiger partial charge in [-0.2, -0.15) is 0 Å². The summed E-state index contributed by atoms with van der Waals surface area (Å²) >= 11 is 0. The predicted octanol–water partition coefficient (Wildman–Crippen LogP) is 1.21. The molecule has 0 aromatic heterocycles. The summed E-state index contributed by atoms with van der Waals surface area (Å²) in [4.78, 5) is 12.0. The van der Waals surface area contributed by atoms with Gasteiger partial charge in [0, 0.05) is 8.30 Å². The van der Waals surface area contributed by atoms with E-state index in [1.807, 2.05) is 0 Å². The van der Waals surface area contributed by atoms with Gasteiger partial charge in [0.05, 0.1) is 6.04 Å². The van der Waals surface area contributed by atoms with Crippen LogP contribution in [0, 0.1) is 0 Å². The molecule has 0 saturated carbocycles. The Kier molecular flexibility index (Phi) is 1.59. The molecule has 1 aliphatic heterocycles. The van der Waals surface area contributed by atoms with Gasteiger partial charge in [-0.3, -0.25) is 4.79 Å². The Morgan fingerprint density at radius 1 is 1.60 bits per heavy atom. The maximum absolute atomic E-state index is 12.0. The van der Waals surface area contributed by atoms with Gasteiger partial charge in [0.1, 0.15) is 2.74 Å². The van der Waals surface area contributed by atoms with Gasteiger partial charge >= 0.3 is 0 Å². The molecule has 0 aliphatic carbocycles. The number of rotatable bonds is 3. The van der Waals surface area contributed by atoms with Crippen molar-refractivity contribution in [3.05, 3.63) is 23.8 Å². The van der Waals surface area contributed by atoms with Crippen LogP contribution in [0.2, 0.25) is 0 Å². The van der Waals surface area contributed by atoms with Crippen LogP contribution in [0.15, 0.2) is 18.2 Å². The lowest BCUT2D eigenvalue weighted by Crippen LogP contribution is -2.30. The number of fused-ring (bicyclic) bond motifs is 1. The molecule has 0 saturated heterocycles. The van der Waals surface area contributed by atoms with E-state index in [9.17, 15) is 4.79 Å². The Morgan fingerprint density at radius 3 is 3.20 bits per heavy atom. The molecule has 0 amide bonds. The number of Topliss-reactive ketones (excluding diaryl/α,β-unsaturated/α-hetero) is 1. The first-order valence-electron chi connectivity index (χ1n) is 6.61. The van der Waals surface area contributed by atoms with Crippen molar-refractivity contribution in [2.45, 2.75) is 13.0 Å². The van der Waals surface area contributed by atoms with Crippen molar-refractivity contribution in [3.8, 4) is 11.5 Å². The molecular weight excluding hydrogens is 194 g/mol. The number of benzene rings is 1. The molecular formula is C11H13NO3. The molecule has 1 aromatic rings. The molecule has 0 fully saturated rings. The third-order valence-corrected chi connectivity index (χ3v) is 2.17. The first-order chi connectivity index (χ1) is 8.78. The molecule has 1 N–H and O–H groups in total. The Balaban J connectivity index is 2.18. The highest BCUT2D eigenvalue weighted by Crippen LogP contribution is 2.32. The Hall–Kier alpha value is -1.55. The number of ether oxygens (including phenoxy) is 2. The van der Waals surface area contributed by atoms with Crippen LogP contribution in [-0.4, -0.2) is 25.6 Å². The third kappa shape index (κ3) is 1.80. The minimum atomic E-state index is -2.22. The van der Waals surface area contributed by atoms with Gasteiger partial charge in [0.2, 0.25) is 6.75 Å². The molecule has 2 rings (SSSR count). The number of likely N-dealkylation sites (N-methyl/N-ethyl adjacent to an activating group) is 1. The van der Waals surface area contributed by atoms with Crippen molar-refractivity contribution in [1.29, 1.82) is 0 Å². The minimum Gasteiger partial charge on any atom is -0.454 e. The summed E-state index contributed by atoms with van der Waals surface area (Å²) in [6.07, 6.45) is 0. The monoisotopic (exact) mass is 211 g/mol. The summed E-state index contributed by atoms with van der Waals surface area (Å²) in [5, 5.41) is 2.46. The maximum Gasteiger partial charge on any atom is 0.231 e. The molecule has 1 atom stereocenters. The summed E-state index contributed by atoms with van der Waals surface area (Å²) in [5.74, 6) is 0.0979. The van der Waals surface area contributed by atoms with Gasteiger partial charge in [-0.1, -0.05) is 0 Å². The summed E-state index contributed by atoms with van der Waals surface area (Å²) in [6.45, 7) is -1.95. The molecule has 0 unspecified atom stereocenters. The predicted molar refractivity (Wildman–Crippen MR) is 55.4 cm³/mol. The van der Waals surface area contributed by atoms with Crippen molar-refractivity contribution in [1.82, 2.24) is 5.32 Å². The summed E-state index contributed by atoms with van der Waals surface area (Å²) in [7, 11) is 0. The number of carbonyl (C=O) groups is 1. The lowest BCUT2D eigenvalue weighted by Gasteiger charge is -2.09. The molecule has 1 aromatic carbocycles. The average Bonchev–Trinajstić information content (AvgIpc) is 2.59. The van der Waals surface area contributed by atoms with Crippen LogP contribution in [0.25, 0.3) is 0 Å². The zero-order valence-electron chi connectivity index (χ0n) is 12.1. The zero-order chi connectivity index (χ0) is 14.2. The molecule has 1 aliphatic rings. The third-order valence-electron chi connectivity index (χ3n) is 2.17. The van der Waals surface area contributed by atoms with Gasteiger partial charge in [0.15, 0.2) is 17.3 Å². The Labute approximate surface area is 93.8 Å². The summed E-state index contributed by atoms with van der Waals surface area (Å²) < 4.78 is 38.5. The fourth-order valence-electron chi connectivity index (χ4n) is 1.26. The smallest absolute Gasteiger partial charge is 0.231 e. The number of nitrogens with one attached hydrogen (secondary N) is 1. The number of ketones is 1.